The Kier molecular flexibility index (Phi) is 19.3. The highest BCUT2D eigenvalue weighted by Crippen LogP contribution is 1.57. The molecule has 0 heterocycles. The summed E-state index contributed by atoms with van der Waals surface area (Å²) in [6.07, 6.45) is 0. The molecule has 0 aromatic carbocycles. The highest BCUT2D eigenvalue weighted by molar-refractivity contribution is 5.77. The van der Waals surface area contributed by atoms with Crippen LogP contribution < -0.4 is 10.6 Å². The third kappa shape index (κ3) is 34.9. The van der Waals surface area contributed by atoms with E-state index in [1.54, 1.807) is 27.9 Å². The van der Waals surface area contributed by atoms with Crippen molar-refractivity contribution in [1.29, 1.82) is 0 Å². The van der Waals surface area contributed by atoms with E-state index in [0.29, 0.717) is 13.1 Å². The molecule has 4 nitrogen and oxygen atoms in total. The van der Waals surface area contributed by atoms with Gasteiger partial charge >= 0.3 is 0 Å². The summed E-state index contributed by atoms with van der Waals surface area (Å²) in [5.74, 6) is 0.356. The number of nitrogens with one attached hydrogen (secondary N) is 2. The number of hydrogen-bond donors (Lipinski definition) is 2. The van der Waals surface area contributed by atoms with Gasteiger partial charge in [-0.05, 0) is 27.9 Å². The molecule has 0 spiro atoms. The maximum Gasteiger partial charge on any atom is 0.143 e. The number of Topliss-reactive ketones (excluding diaryl/α,β-unsaturated/α-hetero) is 2. The van der Waals surface area contributed by atoms with Crippen molar-refractivity contribution >= 4 is 11.6 Å². The van der Waals surface area contributed by atoms with Gasteiger partial charge in [0.2, 0.25) is 0 Å². The van der Waals surface area contributed by atoms with Gasteiger partial charge in [0.1, 0.15) is 11.6 Å². The van der Waals surface area contributed by atoms with E-state index in [9.17, 15) is 9.59 Å². The lowest BCUT2D eigenvalue weighted by Crippen LogP contribution is -2.14. The maximum atomic E-state index is 9.98. The van der Waals surface area contributed by atoms with Crippen LogP contribution in [0.4, 0.5) is 0 Å². The lowest BCUT2D eigenvalue weighted by atomic mass is 10.5. The monoisotopic (exact) mass is 190 g/mol. The first-order valence-corrected chi connectivity index (χ1v) is 3.82. The van der Waals surface area contributed by atoms with Crippen molar-refractivity contribution in [3.63, 3.8) is 0 Å². The molecule has 0 atom stereocenters. The van der Waals surface area contributed by atoms with Gasteiger partial charge < -0.3 is 10.6 Å². The van der Waals surface area contributed by atoms with Crippen molar-refractivity contribution in [1.82, 2.24) is 10.6 Å². The van der Waals surface area contributed by atoms with Crippen LogP contribution in [-0.4, -0.2) is 38.8 Å². The van der Waals surface area contributed by atoms with Gasteiger partial charge in [-0.1, -0.05) is 7.43 Å². The summed E-state index contributed by atoms with van der Waals surface area (Å²) in [6.45, 7) is 4.08. The maximum absolute atomic E-state index is 9.98. The highest BCUT2D eigenvalue weighted by Gasteiger charge is 1.82. The molecule has 0 aliphatic heterocycles. The second kappa shape index (κ2) is 13.8. The zero-order chi connectivity index (χ0) is 9.98. The van der Waals surface area contributed by atoms with E-state index < -0.39 is 0 Å². The fraction of sp³-hybridized carbons (Fsp3) is 0.778. The molecule has 0 amide bonds. The van der Waals surface area contributed by atoms with E-state index in [2.05, 4.69) is 10.6 Å². The molecule has 0 saturated heterocycles. The molecule has 0 aliphatic carbocycles. The molecule has 0 fully saturated rings. The number of carbonyl (C=O) groups is 2. The Balaban J connectivity index is -0.000000143. The summed E-state index contributed by atoms with van der Waals surface area (Å²) < 4.78 is 0. The molecule has 13 heavy (non-hydrogen) atoms. The first-order chi connectivity index (χ1) is 5.54. The highest BCUT2D eigenvalue weighted by atomic mass is 16.1. The van der Waals surface area contributed by atoms with Crippen molar-refractivity contribution in [2.24, 2.45) is 0 Å². The summed E-state index contributed by atoms with van der Waals surface area (Å²) in [5, 5.41) is 5.44. The van der Waals surface area contributed by atoms with Crippen LogP contribution in [0.3, 0.4) is 0 Å². The Morgan fingerprint density at radius 2 is 1.15 bits per heavy atom. The van der Waals surface area contributed by atoms with E-state index in [1.807, 2.05) is 0 Å². The summed E-state index contributed by atoms with van der Waals surface area (Å²) in [5.41, 5.74) is 0. The quantitative estimate of drug-likeness (QED) is 0.666. The fourth-order valence-electron chi connectivity index (χ4n) is 0.498. The topological polar surface area (TPSA) is 58.2 Å². The molecule has 0 rings (SSSR count). The van der Waals surface area contributed by atoms with Crippen LogP contribution >= 0.6 is 0 Å². The van der Waals surface area contributed by atoms with Gasteiger partial charge in [0.05, 0.1) is 13.1 Å². The van der Waals surface area contributed by atoms with Crippen molar-refractivity contribution < 1.29 is 9.59 Å². The molecule has 0 aromatic heterocycles. The molecule has 0 radical (unpaired) electrons. The second-order valence-electron chi connectivity index (χ2n) is 2.46. The average molecular weight is 190 g/mol. The number of carbonyl (C=O) groups excluding carboxylic acids is 2. The van der Waals surface area contributed by atoms with Gasteiger partial charge in [-0.25, -0.2) is 0 Å². The van der Waals surface area contributed by atoms with Gasteiger partial charge in [-0.15, -0.1) is 0 Å². The minimum absolute atomic E-state index is 0. The SMILES string of the molecule is C.CNCC(C)=O.CNCC(C)=O. The van der Waals surface area contributed by atoms with E-state index in [-0.39, 0.29) is 19.0 Å². The van der Waals surface area contributed by atoms with Gasteiger partial charge in [-0.3, -0.25) is 9.59 Å². The molecule has 0 bridgehead atoms. The molecular formula is C9H22N2O2. The van der Waals surface area contributed by atoms with Crippen molar-refractivity contribution in [2.75, 3.05) is 27.2 Å². The Hall–Kier alpha value is -0.740. The molecular weight excluding hydrogens is 168 g/mol. The standard InChI is InChI=1S/2C4H9NO.CH4/c2*1-4(6)3-5-2;/h2*5H,3H2,1-2H3;1H4. The van der Waals surface area contributed by atoms with Crippen molar-refractivity contribution in [3.05, 3.63) is 0 Å². The number of likely N-dealkylation sites (N-methyl/N-ethyl adjacent to an activating group) is 2. The molecule has 0 saturated carbocycles. The smallest absolute Gasteiger partial charge is 0.143 e. The zero-order valence-corrected chi connectivity index (χ0v) is 8.23. The van der Waals surface area contributed by atoms with E-state index in [1.165, 1.54) is 0 Å². The van der Waals surface area contributed by atoms with E-state index in [0.717, 1.165) is 0 Å². The van der Waals surface area contributed by atoms with Gasteiger partial charge in [-0.2, -0.15) is 0 Å². The second-order valence-corrected chi connectivity index (χ2v) is 2.46. The van der Waals surface area contributed by atoms with Crippen LogP contribution in [0.15, 0.2) is 0 Å². The molecule has 2 N–H and O–H groups in total. The third-order valence-corrected chi connectivity index (χ3v) is 0.851. The summed E-state index contributed by atoms with van der Waals surface area (Å²) in [4.78, 5) is 20.0. The minimum atomic E-state index is 0. The molecule has 0 unspecified atom stereocenters. The molecule has 80 valence electrons. The minimum Gasteiger partial charge on any atom is -0.313 e. The van der Waals surface area contributed by atoms with Crippen LogP contribution in [0, 0.1) is 0 Å². The molecule has 0 aromatic rings. The summed E-state index contributed by atoms with van der Waals surface area (Å²) in [6, 6.07) is 0. The van der Waals surface area contributed by atoms with Crippen molar-refractivity contribution in [2.45, 2.75) is 21.3 Å². The third-order valence-electron chi connectivity index (χ3n) is 0.851. The first-order valence-electron chi connectivity index (χ1n) is 3.82. The number of rotatable bonds is 4. The van der Waals surface area contributed by atoms with E-state index >= 15 is 0 Å². The Morgan fingerprint density at radius 1 is 0.923 bits per heavy atom. The Morgan fingerprint density at radius 3 is 1.15 bits per heavy atom. The number of hydrogen-bond acceptors (Lipinski definition) is 4. The predicted molar refractivity (Wildman–Crippen MR) is 55.9 cm³/mol. The average Bonchev–Trinajstić information content (AvgIpc) is 1.87. The Labute approximate surface area is 81.1 Å². The molecule has 0 aliphatic rings. The van der Waals surface area contributed by atoms with Gasteiger partial charge in [0, 0.05) is 0 Å². The lowest BCUT2D eigenvalue weighted by molar-refractivity contribution is -0.116. The van der Waals surface area contributed by atoms with Crippen LogP contribution in [-0.2, 0) is 9.59 Å². The lowest BCUT2D eigenvalue weighted by Gasteiger charge is -1.85. The summed E-state index contributed by atoms with van der Waals surface area (Å²) in [7, 11) is 3.50. The zero-order valence-electron chi connectivity index (χ0n) is 8.23. The van der Waals surface area contributed by atoms with Gasteiger partial charge in [0.25, 0.3) is 0 Å². The Bertz CT molecular complexity index is 120. The van der Waals surface area contributed by atoms with Crippen molar-refractivity contribution in [3.8, 4) is 0 Å². The van der Waals surface area contributed by atoms with Crippen LogP contribution in [0.1, 0.15) is 21.3 Å². The normalized spacial score (nSPS) is 7.69. The van der Waals surface area contributed by atoms with Crippen LogP contribution in [0.5, 0.6) is 0 Å². The fourth-order valence-corrected chi connectivity index (χ4v) is 0.498. The van der Waals surface area contributed by atoms with Gasteiger partial charge in [0.15, 0.2) is 0 Å². The molecule has 4 heteroatoms. The first kappa shape index (κ1) is 18.1. The van der Waals surface area contributed by atoms with E-state index in [4.69, 9.17) is 0 Å². The number of ketones is 2. The van der Waals surface area contributed by atoms with Crippen LogP contribution in [0.2, 0.25) is 0 Å². The largest absolute Gasteiger partial charge is 0.313 e. The predicted octanol–water partition coefficient (Wildman–Crippen LogP) is 0.226. The van der Waals surface area contributed by atoms with Crippen LogP contribution in [0.25, 0.3) is 0 Å². The summed E-state index contributed by atoms with van der Waals surface area (Å²) >= 11 is 0.